The first kappa shape index (κ1) is 16.2. The van der Waals surface area contributed by atoms with E-state index in [2.05, 4.69) is 4.74 Å². The monoisotopic (exact) mass is 227 g/mol. The van der Waals surface area contributed by atoms with Gasteiger partial charge in [-0.05, 0) is 6.92 Å². The molecule has 0 aliphatic carbocycles. The molecule has 10 heteroatoms. The van der Waals surface area contributed by atoms with Crippen LogP contribution in [-0.4, -0.2) is 32.1 Å². The molecule has 0 aromatic rings. The molecule has 1 atom stereocenters. The minimum absolute atomic E-state index is 0. The Kier molecular flexibility index (Phi) is 7.28. The van der Waals surface area contributed by atoms with Gasteiger partial charge in [-0.2, -0.15) is 0 Å². The zero-order valence-electron chi connectivity index (χ0n) is 7.33. The van der Waals surface area contributed by atoms with Crippen molar-refractivity contribution in [3.05, 3.63) is 0 Å². The number of carbonyl (C=O) groups excluding carboxylic acids is 1. The van der Waals surface area contributed by atoms with Gasteiger partial charge in [-0.25, -0.2) is 4.79 Å². The van der Waals surface area contributed by atoms with Crippen molar-refractivity contribution in [2.45, 2.75) is 13.2 Å². The van der Waals surface area contributed by atoms with Crippen molar-refractivity contribution in [1.29, 1.82) is 0 Å². The number of rotatable bonds is 2. The normalized spacial score (nSPS) is 12.6. The standard InChI is InChI=1S/C4H6F3NO4S.Li/c1-2-12-3(9)8(13(10)11)4(5,6)7;/h2H2,1H3,(H,10,11);/q;+1/p-1. The van der Waals surface area contributed by atoms with Gasteiger partial charge >= 0.3 is 31.3 Å². The fourth-order valence-corrected chi connectivity index (χ4v) is 0.774. The summed E-state index contributed by atoms with van der Waals surface area (Å²) in [5.41, 5.74) is 0. The average molecular weight is 227 g/mol. The van der Waals surface area contributed by atoms with Crippen molar-refractivity contribution in [2.75, 3.05) is 6.61 Å². The van der Waals surface area contributed by atoms with Crippen LogP contribution >= 0.6 is 0 Å². The van der Waals surface area contributed by atoms with Gasteiger partial charge in [0.25, 0.3) is 0 Å². The molecule has 1 amide bonds. The molecule has 0 aliphatic rings. The number of nitrogens with zero attached hydrogens (tertiary/aromatic N) is 1. The third-order valence-electron chi connectivity index (χ3n) is 0.813. The van der Waals surface area contributed by atoms with Crippen molar-refractivity contribution in [2.24, 2.45) is 0 Å². The number of amides is 1. The summed E-state index contributed by atoms with van der Waals surface area (Å²) in [5.74, 6) is 0. The van der Waals surface area contributed by atoms with Crippen LogP contribution in [0, 0.1) is 0 Å². The van der Waals surface area contributed by atoms with E-state index in [0.29, 0.717) is 0 Å². The molecule has 0 saturated carbocycles. The second-order valence-electron chi connectivity index (χ2n) is 1.68. The summed E-state index contributed by atoms with van der Waals surface area (Å²) in [4.78, 5) is 10.4. The minimum Gasteiger partial charge on any atom is -0.755 e. The van der Waals surface area contributed by atoms with E-state index < -0.39 is 28.0 Å². The van der Waals surface area contributed by atoms with Crippen LogP contribution in [0.3, 0.4) is 0 Å². The summed E-state index contributed by atoms with van der Waals surface area (Å²) in [5, 5.41) is 0. The molecule has 14 heavy (non-hydrogen) atoms. The molecule has 5 nitrogen and oxygen atoms in total. The van der Waals surface area contributed by atoms with Gasteiger partial charge in [0.1, 0.15) is 0 Å². The van der Waals surface area contributed by atoms with Crippen LogP contribution in [0.25, 0.3) is 0 Å². The second-order valence-corrected chi connectivity index (χ2v) is 2.48. The van der Waals surface area contributed by atoms with Crippen molar-refractivity contribution in [3.63, 3.8) is 0 Å². The van der Waals surface area contributed by atoms with Crippen LogP contribution in [0.5, 0.6) is 0 Å². The van der Waals surface area contributed by atoms with Crippen LogP contribution in [0.4, 0.5) is 18.0 Å². The fourth-order valence-electron chi connectivity index (χ4n) is 0.431. The van der Waals surface area contributed by atoms with Gasteiger partial charge in [0.2, 0.25) is 0 Å². The van der Waals surface area contributed by atoms with Crippen LogP contribution in [0.15, 0.2) is 0 Å². The van der Waals surface area contributed by atoms with Gasteiger partial charge < -0.3 is 9.29 Å². The Hall–Kier alpha value is -0.233. The van der Waals surface area contributed by atoms with E-state index in [0.717, 1.165) is 0 Å². The Bertz CT molecular complexity index is 223. The summed E-state index contributed by atoms with van der Waals surface area (Å²) >= 11 is -3.72. The maximum absolute atomic E-state index is 11.8. The molecule has 0 saturated heterocycles. The first-order chi connectivity index (χ1) is 5.80. The SMILES string of the molecule is CCOC(=O)N(S(=O)[O-])C(F)(F)F.[Li+]. The number of hydrogen-bond donors (Lipinski definition) is 0. The summed E-state index contributed by atoms with van der Waals surface area (Å²) < 4.78 is 57.8. The smallest absolute Gasteiger partial charge is 0.755 e. The van der Waals surface area contributed by atoms with Gasteiger partial charge in [0.05, 0.1) is 17.9 Å². The first-order valence-electron chi connectivity index (χ1n) is 2.93. The van der Waals surface area contributed by atoms with E-state index in [4.69, 9.17) is 0 Å². The molecule has 0 spiro atoms. The maximum atomic E-state index is 11.8. The predicted molar refractivity (Wildman–Crippen MR) is 33.8 cm³/mol. The third-order valence-corrected chi connectivity index (χ3v) is 1.47. The molecular weight excluding hydrogens is 222 g/mol. The van der Waals surface area contributed by atoms with Gasteiger partial charge in [0.15, 0.2) is 0 Å². The molecule has 0 radical (unpaired) electrons. The van der Waals surface area contributed by atoms with Crippen LogP contribution < -0.4 is 18.9 Å². The molecular formula is C4H5F3LiNO4S. The quantitative estimate of drug-likeness (QED) is 0.304. The second kappa shape index (κ2) is 6.29. The van der Waals surface area contributed by atoms with E-state index >= 15 is 0 Å². The Morgan fingerprint density at radius 2 is 2.00 bits per heavy atom. The molecule has 1 unspecified atom stereocenters. The zero-order chi connectivity index (χ0) is 10.6. The molecule has 0 bridgehead atoms. The van der Waals surface area contributed by atoms with Crippen molar-refractivity contribution >= 4 is 17.4 Å². The number of halogens is 3. The van der Waals surface area contributed by atoms with Crippen molar-refractivity contribution < 1.29 is 50.3 Å². The Labute approximate surface area is 92.2 Å². The Balaban J connectivity index is 0. The predicted octanol–water partition coefficient (Wildman–Crippen LogP) is -2.24. The summed E-state index contributed by atoms with van der Waals surface area (Å²) in [7, 11) is 0. The van der Waals surface area contributed by atoms with Crippen molar-refractivity contribution in [1.82, 2.24) is 4.31 Å². The average Bonchev–Trinajstić information content (AvgIpc) is 1.82. The molecule has 0 aliphatic heterocycles. The largest absolute Gasteiger partial charge is 1.00 e. The number of hydrogen-bond acceptors (Lipinski definition) is 4. The van der Waals surface area contributed by atoms with E-state index in [1.807, 2.05) is 0 Å². The van der Waals surface area contributed by atoms with Gasteiger partial charge in [-0.3, -0.25) is 4.21 Å². The van der Waals surface area contributed by atoms with E-state index in [1.54, 1.807) is 0 Å². The first-order valence-corrected chi connectivity index (χ1v) is 3.97. The molecule has 0 aromatic carbocycles. The van der Waals surface area contributed by atoms with Crippen LogP contribution in [0.1, 0.15) is 6.92 Å². The van der Waals surface area contributed by atoms with Crippen LogP contribution in [0.2, 0.25) is 0 Å². The fraction of sp³-hybridized carbons (Fsp3) is 0.750. The molecule has 0 aromatic heterocycles. The Morgan fingerprint density at radius 3 is 2.21 bits per heavy atom. The molecule has 0 N–H and O–H groups in total. The van der Waals surface area contributed by atoms with Crippen molar-refractivity contribution in [3.8, 4) is 0 Å². The zero-order valence-corrected chi connectivity index (χ0v) is 8.15. The summed E-state index contributed by atoms with van der Waals surface area (Å²) in [6.45, 7) is 0.906. The van der Waals surface area contributed by atoms with E-state index in [-0.39, 0.29) is 25.5 Å². The summed E-state index contributed by atoms with van der Waals surface area (Å²) in [6.07, 6.45) is -7.26. The van der Waals surface area contributed by atoms with Gasteiger partial charge in [-0.1, -0.05) is 0 Å². The molecule has 78 valence electrons. The molecule has 0 rings (SSSR count). The number of alkyl halides is 3. The molecule has 0 fully saturated rings. The topological polar surface area (TPSA) is 69.7 Å². The number of ether oxygens (including phenoxy) is 1. The minimum atomic E-state index is -5.29. The third kappa shape index (κ3) is 4.85. The van der Waals surface area contributed by atoms with Crippen LogP contribution in [-0.2, 0) is 16.0 Å². The van der Waals surface area contributed by atoms with E-state index in [1.165, 1.54) is 6.92 Å². The molecule has 0 heterocycles. The number of carbonyl (C=O) groups is 1. The Morgan fingerprint density at radius 1 is 1.57 bits per heavy atom. The van der Waals surface area contributed by atoms with E-state index in [9.17, 15) is 26.7 Å². The van der Waals surface area contributed by atoms with Gasteiger partial charge in [-0.15, -0.1) is 17.5 Å². The maximum Gasteiger partial charge on any atom is 1.00 e. The summed E-state index contributed by atoms with van der Waals surface area (Å²) in [6, 6.07) is 0. The van der Waals surface area contributed by atoms with Gasteiger partial charge in [0, 0.05) is 0 Å².